The summed E-state index contributed by atoms with van der Waals surface area (Å²) < 4.78 is 3.03. The highest BCUT2D eigenvalue weighted by molar-refractivity contribution is 8.03. The van der Waals surface area contributed by atoms with Crippen LogP contribution < -0.4 is 0 Å². The fourth-order valence-corrected chi connectivity index (χ4v) is 7.67. The molecular formula is C42H37ClN8O4S2. The third-order valence-electron chi connectivity index (χ3n) is 8.85. The Labute approximate surface area is 343 Å². The summed E-state index contributed by atoms with van der Waals surface area (Å²) in [5.74, 6) is 0.245. The summed E-state index contributed by atoms with van der Waals surface area (Å²) in [6.07, 6.45) is 9.43. The van der Waals surface area contributed by atoms with Gasteiger partial charge in [-0.2, -0.15) is 10.2 Å². The van der Waals surface area contributed by atoms with E-state index in [2.05, 4.69) is 42.8 Å². The smallest absolute Gasteiger partial charge is 0.199 e. The van der Waals surface area contributed by atoms with Crippen molar-refractivity contribution in [2.75, 3.05) is 0 Å². The number of benzene rings is 2. The molecule has 288 valence electrons. The minimum atomic E-state index is -0.357. The van der Waals surface area contributed by atoms with E-state index in [0.717, 1.165) is 27.5 Å². The second-order valence-corrected chi connectivity index (χ2v) is 15.0. The molecular weight excluding hydrogens is 780 g/mol. The molecule has 0 spiro atoms. The lowest BCUT2D eigenvalue weighted by Crippen LogP contribution is -2.20. The van der Waals surface area contributed by atoms with Crippen LogP contribution in [0.25, 0.3) is 11.6 Å². The first-order valence-corrected chi connectivity index (χ1v) is 19.6. The molecule has 2 aliphatic rings. The second-order valence-electron chi connectivity index (χ2n) is 12.8. The number of rotatable bonds is 8. The number of aryl methyl sites for hydroxylation is 2. The van der Waals surface area contributed by atoms with Crippen molar-refractivity contribution in [1.29, 1.82) is 0 Å². The number of allylic oxidation sites excluding steroid dienone is 4. The van der Waals surface area contributed by atoms with Crippen LogP contribution in [-0.2, 0) is 9.59 Å². The molecule has 4 aromatic heterocycles. The van der Waals surface area contributed by atoms with Gasteiger partial charge in [-0.15, -0.1) is 12.6 Å². The van der Waals surface area contributed by atoms with Crippen LogP contribution >= 0.6 is 36.0 Å². The van der Waals surface area contributed by atoms with Crippen molar-refractivity contribution < 1.29 is 19.2 Å². The van der Waals surface area contributed by atoms with Gasteiger partial charge in [0.25, 0.3) is 0 Å². The molecule has 57 heavy (non-hydrogen) atoms. The van der Waals surface area contributed by atoms with Crippen molar-refractivity contribution in [3.8, 4) is 11.6 Å². The van der Waals surface area contributed by atoms with Crippen LogP contribution in [0, 0.1) is 13.8 Å². The first-order valence-electron chi connectivity index (χ1n) is 18.0. The number of aromatic nitrogens is 8. The predicted molar refractivity (Wildman–Crippen MR) is 220 cm³/mol. The Hall–Kier alpha value is -5.83. The molecule has 0 amide bonds. The number of halogens is 1. The van der Waals surface area contributed by atoms with Gasteiger partial charge in [0.15, 0.2) is 34.8 Å². The van der Waals surface area contributed by atoms with Gasteiger partial charge in [0.2, 0.25) is 0 Å². The lowest BCUT2D eigenvalue weighted by atomic mass is 9.91. The molecule has 0 fully saturated rings. The quantitative estimate of drug-likeness (QED) is 0.0896. The van der Waals surface area contributed by atoms with Gasteiger partial charge in [0.1, 0.15) is 25.3 Å². The highest BCUT2D eigenvalue weighted by Gasteiger charge is 2.30. The Kier molecular flexibility index (Phi) is 13.9. The zero-order valence-corrected chi connectivity index (χ0v) is 33.5. The van der Waals surface area contributed by atoms with Gasteiger partial charge in [-0.05, 0) is 88.1 Å². The van der Waals surface area contributed by atoms with Gasteiger partial charge >= 0.3 is 0 Å². The van der Waals surface area contributed by atoms with E-state index in [9.17, 15) is 19.2 Å². The van der Waals surface area contributed by atoms with Gasteiger partial charge in [0.05, 0.1) is 22.5 Å². The van der Waals surface area contributed by atoms with Crippen molar-refractivity contribution in [3.63, 3.8) is 0 Å². The highest BCUT2D eigenvalue weighted by Crippen LogP contribution is 2.37. The largest absolute Gasteiger partial charge is 0.294 e. The van der Waals surface area contributed by atoms with Crippen LogP contribution in [-0.4, -0.2) is 62.6 Å². The van der Waals surface area contributed by atoms with Crippen LogP contribution in [0.3, 0.4) is 0 Å². The van der Waals surface area contributed by atoms with Crippen molar-refractivity contribution in [1.82, 2.24) is 39.5 Å². The average Bonchev–Trinajstić information content (AvgIpc) is 3.95. The number of Topliss-reactive ketones (excluding diaryl/α,β-unsaturated/α-hetero) is 4. The van der Waals surface area contributed by atoms with Crippen LogP contribution in [0.1, 0.15) is 70.6 Å². The summed E-state index contributed by atoms with van der Waals surface area (Å²) in [6.45, 7) is 3.49. The van der Waals surface area contributed by atoms with Crippen molar-refractivity contribution in [2.45, 2.75) is 62.2 Å². The lowest BCUT2D eigenvalue weighted by molar-refractivity contribution is -0.116. The van der Waals surface area contributed by atoms with E-state index >= 15 is 0 Å². The van der Waals surface area contributed by atoms with Crippen molar-refractivity contribution >= 4 is 59.1 Å². The van der Waals surface area contributed by atoms with Gasteiger partial charge in [-0.3, -0.25) is 19.2 Å². The van der Waals surface area contributed by atoms with Crippen LogP contribution in [0.2, 0.25) is 0 Å². The molecule has 12 nitrogen and oxygen atoms in total. The third-order valence-corrected chi connectivity index (χ3v) is 10.7. The molecule has 15 heteroatoms. The van der Waals surface area contributed by atoms with E-state index < -0.39 is 0 Å². The summed E-state index contributed by atoms with van der Waals surface area (Å²) >= 11 is 11.7. The lowest BCUT2D eigenvalue weighted by Gasteiger charge is -2.19. The van der Waals surface area contributed by atoms with Gasteiger partial charge < -0.3 is 0 Å². The SMILES string of the molecule is Cc1nc(-n2cncn2)ccc1C(=O)C1=C(Cl)CCCC1=O.Cc1nc(-n2cncn2)ccc1C(=O)C1=C(Sc2ccccc2)CCCC1=O.Sc1ccccc1. The molecule has 0 N–H and O–H groups in total. The zero-order valence-electron chi connectivity index (χ0n) is 31.1. The maximum absolute atomic E-state index is 13.3. The van der Waals surface area contributed by atoms with Crippen molar-refractivity contribution in [2.24, 2.45) is 0 Å². The standard InChI is InChI=1S/C21H18N4O2S.C15H13ClN4O2.C6H6S/c1-14-16(10-11-19(24-14)25-13-22-12-23-25)21(27)20-17(26)8-5-9-18(20)28-15-6-3-2-4-7-15;1-9-10(5-6-13(19-9)20-8-17-7-18-20)15(22)14-11(16)3-2-4-12(14)21;7-6-4-2-1-3-5-6/h2-4,6-7,10-13H,5,8-9H2,1H3;5-8H,2-4H2,1H3;1-5,7H. The number of thioether (sulfide) groups is 1. The molecule has 2 aliphatic carbocycles. The molecule has 0 unspecified atom stereocenters. The van der Waals surface area contributed by atoms with E-state index in [-0.39, 0.29) is 28.7 Å². The van der Waals surface area contributed by atoms with E-state index in [1.165, 1.54) is 40.1 Å². The Bertz CT molecular complexity index is 2450. The van der Waals surface area contributed by atoms with Crippen molar-refractivity contribution in [3.05, 3.63) is 154 Å². The number of carbonyl (C=O) groups excluding carboxylic acids is 4. The summed E-state index contributed by atoms with van der Waals surface area (Å²) in [6, 6.07) is 26.3. The Morgan fingerprint density at radius 1 is 0.649 bits per heavy atom. The second kappa shape index (κ2) is 19.4. The Morgan fingerprint density at radius 2 is 1.14 bits per heavy atom. The number of hydrogen-bond donors (Lipinski definition) is 1. The maximum Gasteiger partial charge on any atom is 0.199 e. The third kappa shape index (κ3) is 10.3. The molecule has 8 rings (SSSR count). The highest BCUT2D eigenvalue weighted by atomic mass is 35.5. The fraction of sp³-hybridized carbons (Fsp3) is 0.190. The topological polar surface area (TPSA) is 155 Å². The average molecular weight is 817 g/mol. The van der Waals surface area contributed by atoms with Crippen LogP contribution in [0.5, 0.6) is 0 Å². The molecule has 0 aliphatic heterocycles. The first-order chi connectivity index (χ1) is 27.6. The number of hydrogen-bond acceptors (Lipinski definition) is 12. The van der Waals surface area contributed by atoms with E-state index in [1.54, 1.807) is 44.4 Å². The number of pyridine rings is 2. The molecule has 0 bridgehead atoms. The number of nitrogens with zero attached hydrogens (tertiary/aromatic N) is 8. The summed E-state index contributed by atoms with van der Waals surface area (Å²) in [5, 5.41) is 8.39. The Morgan fingerprint density at radius 3 is 1.60 bits per heavy atom. The molecule has 0 saturated carbocycles. The summed E-state index contributed by atoms with van der Waals surface area (Å²) in [4.78, 5) is 69.9. The van der Waals surface area contributed by atoms with Gasteiger partial charge in [0, 0.05) is 43.7 Å². The summed E-state index contributed by atoms with van der Waals surface area (Å²) in [5.41, 5.74) is 2.32. The minimum Gasteiger partial charge on any atom is -0.294 e. The normalized spacial score (nSPS) is 14.0. The predicted octanol–water partition coefficient (Wildman–Crippen LogP) is 8.33. The van der Waals surface area contributed by atoms with Gasteiger partial charge in [-0.25, -0.2) is 29.3 Å². The van der Waals surface area contributed by atoms with Gasteiger partial charge in [-0.1, -0.05) is 59.8 Å². The number of carbonyl (C=O) groups is 4. The molecule has 2 aromatic carbocycles. The van der Waals surface area contributed by atoms with Crippen LogP contribution in [0.4, 0.5) is 0 Å². The molecule has 4 heterocycles. The maximum atomic E-state index is 13.3. The molecule has 0 saturated heterocycles. The Balaban J connectivity index is 0.000000168. The number of thiol groups is 1. The molecule has 6 aromatic rings. The first kappa shape index (κ1) is 40.8. The van der Waals surface area contributed by atoms with E-state index in [1.807, 2.05) is 60.7 Å². The molecule has 0 atom stereocenters. The van der Waals surface area contributed by atoms with E-state index in [4.69, 9.17) is 11.6 Å². The molecule has 0 radical (unpaired) electrons. The summed E-state index contributed by atoms with van der Waals surface area (Å²) in [7, 11) is 0. The number of ketones is 4. The van der Waals surface area contributed by atoms with Crippen LogP contribution in [0.15, 0.2) is 141 Å². The monoisotopic (exact) mass is 816 g/mol. The fourth-order valence-electron chi connectivity index (χ4n) is 6.04. The van der Waals surface area contributed by atoms with E-state index in [0.29, 0.717) is 70.4 Å². The minimum absolute atomic E-state index is 0.0885. The zero-order chi connectivity index (χ0) is 40.3.